The van der Waals surface area contributed by atoms with Crippen molar-refractivity contribution in [2.24, 2.45) is 0 Å². The van der Waals surface area contributed by atoms with E-state index in [0.29, 0.717) is 31.3 Å². The minimum atomic E-state index is -0.580. The van der Waals surface area contributed by atoms with Gasteiger partial charge in [-0.3, -0.25) is 4.79 Å². The maximum Gasteiger partial charge on any atom is 0.331 e. The van der Waals surface area contributed by atoms with E-state index in [2.05, 4.69) is 5.32 Å². The molecule has 29 heavy (non-hydrogen) atoms. The fraction of sp³-hybridized carbons (Fsp3) is 0.304. The molecule has 6 heteroatoms. The molecular formula is C23H25NO5. The first-order valence-corrected chi connectivity index (χ1v) is 9.68. The molecule has 6 nitrogen and oxygen atoms in total. The van der Waals surface area contributed by atoms with Gasteiger partial charge >= 0.3 is 5.97 Å². The number of fused-ring (bicyclic) bond motifs is 1. The van der Waals surface area contributed by atoms with Crippen LogP contribution in [0.15, 0.2) is 54.6 Å². The van der Waals surface area contributed by atoms with E-state index in [-0.39, 0.29) is 18.4 Å². The van der Waals surface area contributed by atoms with Gasteiger partial charge in [0.1, 0.15) is 0 Å². The van der Waals surface area contributed by atoms with Crippen LogP contribution in [0.4, 0.5) is 0 Å². The zero-order valence-electron chi connectivity index (χ0n) is 16.4. The van der Waals surface area contributed by atoms with Crippen molar-refractivity contribution in [1.29, 1.82) is 0 Å². The highest BCUT2D eigenvalue weighted by Crippen LogP contribution is 2.30. The Morgan fingerprint density at radius 1 is 1.10 bits per heavy atom. The summed E-state index contributed by atoms with van der Waals surface area (Å²) in [6, 6.07) is 15.4. The predicted octanol–water partition coefficient (Wildman–Crippen LogP) is 3.32. The third kappa shape index (κ3) is 6.38. The molecule has 1 aliphatic rings. The Balaban J connectivity index is 1.42. The fourth-order valence-corrected chi connectivity index (χ4v) is 2.85. The highest BCUT2D eigenvalue weighted by molar-refractivity contribution is 5.89. The summed E-state index contributed by atoms with van der Waals surface area (Å²) in [4.78, 5) is 23.8. The summed E-state index contributed by atoms with van der Waals surface area (Å²) in [7, 11) is 0. The van der Waals surface area contributed by atoms with Gasteiger partial charge < -0.3 is 19.5 Å². The van der Waals surface area contributed by atoms with Gasteiger partial charge in [0.15, 0.2) is 18.1 Å². The smallest absolute Gasteiger partial charge is 0.331 e. The Morgan fingerprint density at radius 2 is 1.86 bits per heavy atom. The minimum Gasteiger partial charge on any atom is -0.490 e. The van der Waals surface area contributed by atoms with Gasteiger partial charge in [0.25, 0.3) is 5.91 Å². The molecule has 1 atom stereocenters. The zero-order chi connectivity index (χ0) is 20.5. The molecule has 0 saturated carbocycles. The van der Waals surface area contributed by atoms with E-state index in [1.165, 1.54) is 6.08 Å². The fourth-order valence-electron chi connectivity index (χ4n) is 2.85. The number of carbonyl (C=O) groups excluding carboxylic acids is 2. The second kappa shape index (κ2) is 10.3. The number of esters is 1. The molecular weight excluding hydrogens is 370 g/mol. The molecule has 0 aromatic heterocycles. The number of hydrogen-bond acceptors (Lipinski definition) is 5. The van der Waals surface area contributed by atoms with E-state index in [0.717, 1.165) is 17.5 Å². The first-order valence-electron chi connectivity index (χ1n) is 9.68. The van der Waals surface area contributed by atoms with Crippen molar-refractivity contribution in [2.75, 3.05) is 26.4 Å². The molecule has 0 aliphatic carbocycles. The summed E-state index contributed by atoms with van der Waals surface area (Å²) in [6.45, 7) is 3.42. The minimum absolute atomic E-state index is 0.176. The SMILES string of the molecule is C[C@@H](CNC(=O)COC(=O)/C=C/c1ccc2c(c1)OCCCO2)c1ccccc1. The van der Waals surface area contributed by atoms with Crippen LogP contribution in [0.1, 0.15) is 30.4 Å². The van der Waals surface area contributed by atoms with Gasteiger partial charge in [-0.1, -0.05) is 43.3 Å². The monoisotopic (exact) mass is 395 g/mol. The van der Waals surface area contributed by atoms with Gasteiger partial charge in [0, 0.05) is 19.0 Å². The van der Waals surface area contributed by atoms with Crippen molar-refractivity contribution >= 4 is 18.0 Å². The Kier molecular flexibility index (Phi) is 7.28. The Bertz CT molecular complexity index is 863. The number of amides is 1. The number of rotatable bonds is 7. The average Bonchev–Trinajstić information content (AvgIpc) is 3.00. The topological polar surface area (TPSA) is 73.9 Å². The molecule has 152 valence electrons. The molecule has 1 heterocycles. The molecule has 0 saturated heterocycles. The second-order valence-corrected chi connectivity index (χ2v) is 6.81. The van der Waals surface area contributed by atoms with Crippen LogP contribution in [0.5, 0.6) is 11.5 Å². The maximum atomic E-state index is 11.9. The van der Waals surface area contributed by atoms with E-state index in [1.54, 1.807) is 6.08 Å². The summed E-state index contributed by atoms with van der Waals surface area (Å²) in [5, 5.41) is 2.78. The number of nitrogens with one attached hydrogen (secondary N) is 1. The molecule has 0 unspecified atom stereocenters. The van der Waals surface area contributed by atoms with Crippen LogP contribution in [0.3, 0.4) is 0 Å². The summed E-state index contributed by atoms with van der Waals surface area (Å²) < 4.78 is 16.2. The van der Waals surface area contributed by atoms with Crippen LogP contribution >= 0.6 is 0 Å². The van der Waals surface area contributed by atoms with Crippen LogP contribution in [-0.4, -0.2) is 38.2 Å². The normalized spacial score (nSPS) is 14.1. The molecule has 1 aliphatic heterocycles. The predicted molar refractivity (Wildman–Crippen MR) is 110 cm³/mol. The number of carbonyl (C=O) groups is 2. The Labute approximate surface area is 170 Å². The van der Waals surface area contributed by atoms with E-state index in [1.807, 2.05) is 55.5 Å². The standard InChI is InChI=1S/C23H25NO5/c1-17(19-6-3-2-4-7-19)15-24-22(25)16-29-23(26)11-9-18-8-10-20-21(14-18)28-13-5-12-27-20/h2-4,6-11,14,17H,5,12-13,15-16H2,1H3,(H,24,25)/b11-9+/t17-/m0/s1. The van der Waals surface area contributed by atoms with Crippen molar-refractivity contribution in [3.63, 3.8) is 0 Å². The van der Waals surface area contributed by atoms with E-state index in [9.17, 15) is 9.59 Å². The van der Waals surface area contributed by atoms with Gasteiger partial charge in [-0.15, -0.1) is 0 Å². The van der Waals surface area contributed by atoms with Crippen LogP contribution in [-0.2, 0) is 14.3 Å². The molecule has 0 fully saturated rings. The highest BCUT2D eigenvalue weighted by atomic mass is 16.5. The van der Waals surface area contributed by atoms with E-state index >= 15 is 0 Å². The van der Waals surface area contributed by atoms with Gasteiger partial charge in [-0.05, 0) is 35.3 Å². The summed E-state index contributed by atoms with van der Waals surface area (Å²) in [5.74, 6) is 0.622. The Morgan fingerprint density at radius 3 is 2.66 bits per heavy atom. The van der Waals surface area contributed by atoms with Gasteiger partial charge in [0.05, 0.1) is 13.2 Å². The lowest BCUT2D eigenvalue weighted by atomic mass is 10.0. The molecule has 1 N–H and O–H groups in total. The molecule has 2 aromatic carbocycles. The first-order chi connectivity index (χ1) is 14.1. The molecule has 3 rings (SSSR count). The summed E-state index contributed by atoms with van der Waals surface area (Å²) in [6.07, 6.45) is 3.74. The summed E-state index contributed by atoms with van der Waals surface area (Å²) >= 11 is 0. The lowest BCUT2D eigenvalue weighted by molar-refractivity contribution is -0.143. The summed E-state index contributed by atoms with van der Waals surface area (Å²) in [5.41, 5.74) is 1.93. The van der Waals surface area contributed by atoms with E-state index in [4.69, 9.17) is 14.2 Å². The first kappa shape index (κ1) is 20.5. The zero-order valence-corrected chi connectivity index (χ0v) is 16.4. The van der Waals surface area contributed by atoms with Crippen LogP contribution in [0.2, 0.25) is 0 Å². The van der Waals surface area contributed by atoms with E-state index < -0.39 is 5.97 Å². The molecule has 2 aromatic rings. The maximum absolute atomic E-state index is 11.9. The van der Waals surface area contributed by atoms with Crippen molar-refractivity contribution in [2.45, 2.75) is 19.3 Å². The number of ether oxygens (including phenoxy) is 3. The Hall–Kier alpha value is -3.28. The molecule has 1 amide bonds. The number of benzene rings is 2. The number of hydrogen-bond donors (Lipinski definition) is 1. The second-order valence-electron chi connectivity index (χ2n) is 6.81. The third-order valence-corrected chi connectivity index (χ3v) is 4.50. The van der Waals surface area contributed by atoms with Crippen molar-refractivity contribution in [3.05, 3.63) is 65.7 Å². The lowest BCUT2D eigenvalue weighted by Crippen LogP contribution is -2.31. The average molecular weight is 395 g/mol. The van der Waals surface area contributed by atoms with Gasteiger partial charge in [-0.2, -0.15) is 0 Å². The van der Waals surface area contributed by atoms with Crippen LogP contribution < -0.4 is 14.8 Å². The van der Waals surface area contributed by atoms with Crippen LogP contribution in [0.25, 0.3) is 6.08 Å². The molecule has 0 bridgehead atoms. The van der Waals surface area contributed by atoms with Crippen molar-refractivity contribution in [3.8, 4) is 11.5 Å². The third-order valence-electron chi connectivity index (χ3n) is 4.50. The highest BCUT2D eigenvalue weighted by Gasteiger charge is 2.11. The van der Waals surface area contributed by atoms with Gasteiger partial charge in [0.2, 0.25) is 0 Å². The van der Waals surface area contributed by atoms with Gasteiger partial charge in [-0.25, -0.2) is 4.79 Å². The quantitative estimate of drug-likeness (QED) is 0.575. The molecule has 0 spiro atoms. The molecule has 0 radical (unpaired) electrons. The largest absolute Gasteiger partial charge is 0.490 e. The van der Waals surface area contributed by atoms with Crippen molar-refractivity contribution < 1.29 is 23.8 Å². The lowest BCUT2D eigenvalue weighted by Gasteiger charge is -2.12. The van der Waals surface area contributed by atoms with Crippen LogP contribution in [0, 0.1) is 0 Å². The van der Waals surface area contributed by atoms with Crippen molar-refractivity contribution in [1.82, 2.24) is 5.32 Å².